The topological polar surface area (TPSA) is 63.7 Å². The molecule has 4 rings (SSSR count). The number of piperidine rings is 1. The van der Waals surface area contributed by atoms with E-state index in [0.29, 0.717) is 54.3 Å². The molecule has 0 unspecified atom stereocenters. The van der Waals surface area contributed by atoms with Crippen molar-refractivity contribution in [3.05, 3.63) is 62.7 Å². The molecule has 2 aliphatic rings. The molecule has 1 amide bonds. The first-order chi connectivity index (χ1) is 15.6. The van der Waals surface area contributed by atoms with Crippen molar-refractivity contribution >= 4 is 29.1 Å². The first-order valence-corrected chi connectivity index (χ1v) is 11.9. The maximum Gasteiger partial charge on any atom is 0.223 e. The van der Waals surface area contributed by atoms with E-state index in [-0.39, 0.29) is 30.3 Å². The third kappa shape index (κ3) is 4.56. The van der Waals surface area contributed by atoms with Crippen LogP contribution >= 0.6 is 11.6 Å². The second-order valence-corrected chi connectivity index (χ2v) is 9.87. The van der Waals surface area contributed by atoms with Gasteiger partial charge >= 0.3 is 0 Å². The number of likely N-dealkylation sites (tertiary alicyclic amines) is 1. The number of hydrogen-bond donors (Lipinski definition) is 0. The lowest BCUT2D eigenvalue weighted by atomic mass is 9.81. The number of rotatable bonds is 4. The number of nitrogens with zero attached hydrogens (tertiary/aromatic N) is 1. The van der Waals surface area contributed by atoms with Crippen molar-refractivity contribution in [2.24, 2.45) is 0 Å². The number of hydrogen-bond acceptors (Lipinski definition) is 4. The van der Waals surface area contributed by atoms with Crippen molar-refractivity contribution in [3.63, 3.8) is 0 Å². The maximum atomic E-state index is 13.0. The molecule has 174 valence electrons. The van der Waals surface area contributed by atoms with Crippen LogP contribution in [-0.4, -0.2) is 41.1 Å². The minimum absolute atomic E-state index is 0.0119. The molecular formula is C27H30ClNO4. The predicted octanol–water partition coefficient (Wildman–Crippen LogP) is 5.56. The Bertz CT molecular complexity index is 1150. The molecule has 33 heavy (non-hydrogen) atoms. The Morgan fingerprint density at radius 1 is 1.00 bits per heavy atom. The van der Waals surface area contributed by atoms with E-state index >= 15 is 0 Å². The van der Waals surface area contributed by atoms with Gasteiger partial charge in [-0.05, 0) is 62.1 Å². The van der Waals surface area contributed by atoms with Gasteiger partial charge < -0.3 is 9.64 Å². The average Bonchev–Trinajstić information content (AvgIpc) is 2.77. The monoisotopic (exact) mass is 467 g/mol. The first-order valence-electron chi connectivity index (χ1n) is 11.5. The van der Waals surface area contributed by atoms with Crippen molar-refractivity contribution in [2.75, 3.05) is 13.1 Å². The van der Waals surface area contributed by atoms with Gasteiger partial charge in [-0.2, -0.15) is 0 Å². The van der Waals surface area contributed by atoms with Gasteiger partial charge in [-0.25, -0.2) is 0 Å². The highest BCUT2D eigenvalue weighted by atomic mass is 35.5. The van der Waals surface area contributed by atoms with Gasteiger partial charge in [-0.3, -0.25) is 14.4 Å². The van der Waals surface area contributed by atoms with Crippen LogP contribution in [0.25, 0.3) is 0 Å². The normalized spacial score (nSPS) is 17.0. The fourth-order valence-electron chi connectivity index (χ4n) is 4.88. The van der Waals surface area contributed by atoms with Crippen molar-refractivity contribution < 1.29 is 19.1 Å². The molecule has 0 N–H and O–H groups in total. The van der Waals surface area contributed by atoms with Crippen LogP contribution in [0.15, 0.2) is 24.3 Å². The quantitative estimate of drug-likeness (QED) is 0.552. The highest BCUT2D eigenvalue weighted by molar-refractivity contribution is 6.32. The third-order valence-corrected chi connectivity index (χ3v) is 7.74. The number of Topliss-reactive ketones (excluding diaryl/α,β-unsaturated/α-hetero) is 2. The highest BCUT2D eigenvalue weighted by Crippen LogP contribution is 2.43. The van der Waals surface area contributed by atoms with Gasteiger partial charge in [0, 0.05) is 49.4 Å². The average molecular weight is 468 g/mol. The Morgan fingerprint density at radius 2 is 1.70 bits per heavy atom. The summed E-state index contributed by atoms with van der Waals surface area (Å²) < 4.78 is 6.38. The summed E-state index contributed by atoms with van der Waals surface area (Å²) in [6, 6.07) is 7.50. The van der Waals surface area contributed by atoms with E-state index in [0.717, 1.165) is 22.3 Å². The third-order valence-electron chi connectivity index (χ3n) is 7.15. The summed E-state index contributed by atoms with van der Waals surface area (Å²) in [4.78, 5) is 40.1. The molecule has 0 aromatic heterocycles. The molecule has 0 radical (unpaired) electrons. The van der Waals surface area contributed by atoms with Gasteiger partial charge in [0.25, 0.3) is 0 Å². The summed E-state index contributed by atoms with van der Waals surface area (Å²) in [7, 11) is 0. The smallest absolute Gasteiger partial charge is 0.223 e. The van der Waals surface area contributed by atoms with Crippen molar-refractivity contribution in [3.8, 4) is 5.75 Å². The molecule has 1 fully saturated rings. The van der Waals surface area contributed by atoms with E-state index < -0.39 is 5.60 Å². The van der Waals surface area contributed by atoms with Crippen LogP contribution in [0.2, 0.25) is 5.02 Å². The molecule has 0 atom stereocenters. The molecule has 0 saturated carbocycles. The first kappa shape index (κ1) is 23.5. The standard InChI is InChI=1S/C27H30ClNO4/c1-16-5-6-20(13-17(16)2)21(30)7-8-24(32)29-11-9-27(10-12-29)15-22(31)25-19(4)26(28)18(3)14-23(25)33-27/h5-6,13-14H,7-12,15H2,1-4H3. The van der Waals surface area contributed by atoms with E-state index in [1.807, 2.05) is 52.0 Å². The zero-order chi connectivity index (χ0) is 23.9. The maximum absolute atomic E-state index is 13.0. The summed E-state index contributed by atoms with van der Waals surface area (Å²) in [5.74, 6) is 0.615. The Morgan fingerprint density at radius 3 is 2.36 bits per heavy atom. The molecule has 2 aromatic carbocycles. The van der Waals surface area contributed by atoms with E-state index in [1.54, 1.807) is 4.90 Å². The summed E-state index contributed by atoms with van der Waals surface area (Å²) in [5, 5.41) is 0.609. The van der Waals surface area contributed by atoms with E-state index in [1.165, 1.54) is 0 Å². The van der Waals surface area contributed by atoms with Gasteiger partial charge in [0.05, 0.1) is 12.0 Å². The largest absolute Gasteiger partial charge is 0.486 e. The molecular weight excluding hydrogens is 438 g/mol. The van der Waals surface area contributed by atoms with Crippen LogP contribution in [0.4, 0.5) is 0 Å². The van der Waals surface area contributed by atoms with Crippen molar-refractivity contribution in [1.82, 2.24) is 4.90 Å². The molecule has 2 aliphatic heterocycles. The Hall–Kier alpha value is -2.66. The summed E-state index contributed by atoms with van der Waals surface area (Å²) >= 11 is 6.34. The van der Waals surface area contributed by atoms with Crippen LogP contribution in [0.1, 0.15) is 75.1 Å². The Balaban J connectivity index is 1.36. The van der Waals surface area contributed by atoms with E-state index in [4.69, 9.17) is 16.3 Å². The van der Waals surface area contributed by atoms with Crippen LogP contribution in [0.5, 0.6) is 5.75 Å². The zero-order valence-electron chi connectivity index (χ0n) is 19.7. The van der Waals surface area contributed by atoms with Gasteiger partial charge in [0.15, 0.2) is 11.6 Å². The molecule has 0 aliphatic carbocycles. The molecule has 2 aromatic rings. The lowest BCUT2D eigenvalue weighted by Gasteiger charge is -2.44. The number of ketones is 2. The predicted molar refractivity (Wildman–Crippen MR) is 129 cm³/mol. The van der Waals surface area contributed by atoms with Crippen LogP contribution in [0, 0.1) is 27.7 Å². The van der Waals surface area contributed by atoms with Crippen molar-refractivity contribution in [1.29, 1.82) is 0 Å². The molecule has 2 heterocycles. The second kappa shape index (κ2) is 8.94. The molecule has 1 saturated heterocycles. The molecule has 1 spiro atoms. The Labute approximate surface area is 200 Å². The summed E-state index contributed by atoms with van der Waals surface area (Å²) in [6.45, 7) is 8.79. The number of carbonyl (C=O) groups is 3. The lowest BCUT2D eigenvalue weighted by Crippen LogP contribution is -2.52. The van der Waals surface area contributed by atoms with E-state index in [9.17, 15) is 14.4 Å². The fraction of sp³-hybridized carbons (Fsp3) is 0.444. The fourth-order valence-corrected chi connectivity index (χ4v) is 5.03. The number of amides is 1. The van der Waals surface area contributed by atoms with Gasteiger partial charge in [-0.15, -0.1) is 0 Å². The minimum Gasteiger partial charge on any atom is -0.486 e. The summed E-state index contributed by atoms with van der Waals surface area (Å²) in [6.07, 6.45) is 1.88. The lowest BCUT2D eigenvalue weighted by molar-refractivity contribution is -0.134. The highest BCUT2D eigenvalue weighted by Gasteiger charge is 2.44. The van der Waals surface area contributed by atoms with Crippen LogP contribution in [0.3, 0.4) is 0 Å². The van der Waals surface area contributed by atoms with Crippen LogP contribution < -0.4 is 4.74 Å². The Kier molecular flexibility index (Phi) is 6.37. The number of ether oxygens (including phenoxy) is 1. The number of benzene rings is 2. The molecule has 5 nitrogen and oxygen atoms in total. The molecule has 0 bridgehead atoms. The number of halogens is 1. The SMILES string of the molecule is Cc1ccc(C(=O)CCC(=O)N2CCC3(CC2)CC(=O)c2c(cc(C)c(Cl)c2C)O3)cc1C. The minimum atomic E-state index is -0.581. The van der Waals surface area contributed by atoms with Gasteiger partial charge in [-0.1, -0.05) is 23.7 Å². The van der Waals surface area contributed by atoms with E-state index in [2.05, 4.69) is 0 Å². The molecule has 6 heteroatoms. The summed E-state index contributed by atoms with van der Waals surface area (Å²) in [5.41, 5.74) is 4.53. The van der Waals surface area contributed by atoms with Gasteiger partial charge in [0.2, 0.25) is 5.91 Å². The van der Waals surface area contributed by atoms with Crippen LogP contribution in [-0.2, 0) is 4.79 Å². The number of aryl methyl sites for hydroxylation is 3. The number of fused-ring (bicyclic) bond motifs is 1. The van der Waals surface area contributed by atoms with Crippen molar-refractivity contribution in [2.45, 2.75) is 65.4 Å². The van der Waals surface area contributed by atoms with Gasteiger partial charge in [0.1, 0.15) is 11.4 Å². The number of carbonyl (C=O) groups excluding carboxylic acids is 3. The second-order valence-electron chi connectivity index (χ2n) is 9.49. The zero-order valence-corrected chi connectivity index (χ0v) is 20.5.